The Morgan fingerprint density at radius 2 is 2.25 bits per heavy atom. The highest BCUT2D eigenvalue weighted by Gasteiger charge is 2.23. The molecule has 1 aliphatic rings. The Kier molecular flexibility index (Phi) is 3.56. The fraction of sp³-hybridized carbons (Fsp3) is 0.538. The zero-order chi connectivity index (χ0) is 11.5. The van der Waals surface area contributed by atoms with Crippen LogP contribution >= 0.6 is 0 Å². The largest absolute Gasteiger partial charge is 0.309 e. The molecule has 0 amide bonds. The van der Waals surface area contributed by atoms with Crippen molar-refractivity contribution in [1.82, 2.24) is 10.2 Å². The summed E-state index contributed by atoms with van der Waals surface area (Å²) in [6, 6.07) is 5.74. The number of nitrogens with one attached hydrogen (secondary N) is 1. The van der Waals surface area contributed by atoms with Crippen molar-refractivity contribution < 1.29 is 4.39 Å². The highest BCUT2D eigenvalue weighted by atomic mass is 19.1. The molecule has 1 aliphatic carbocycles. The predicted octanol–water partition coefficient (Wildman–Crippen LogP) is 1.96. The zero-order valence-corrected chi connectivity index (χ0v) is 9.96. The third kappa shape index (κ3) is 2.42. The lowest BCUT2D eigenvalue weighted by Gasteiger charge is -2.16. The van der Waals surface area contributed by atoms with E-state index in [2.05, 4.69) is 24.3 Å². The number of hydrogen-bond donors (Lipinski definition) is 1. The van der Waals surface area contributed by atoms with E-state index in [4.69, 9.17) is 0 Å². The van der Waals surface area contributed by atoms with Crippen molar-refractivity contribution in [1.29, 1.82) is 0 Å². The SMILES string of the molecule is CN(C)CCNC1CCc2c(F)cccc21. The van der Waals surface area contributed by atoms with Gasteiger partial charge in [0.05, 0.1) is 0 Å². The maximum absolute atomic E-state index is 13.5. The van der Waals surface area contributed by atoms with E-state index in [9.17, 15) is 4.39 Å². The van der Waals surface area contributed by atoms with Gasteiger partial charge in [-0.3, -0.25) is 0 Å². The Labute approximate surface area is 96.5 Å². The molecular formula is C13H19FN2. The first-order valence-corrected chi connectivity index (χ1v) is 5.84. The first-order valence-electron chi connectivity index (χ1n) is 5.84. The van der Waals surface area contributed by atoms with Crippen molar-refractivity contribution in [2.24, 2.45) is 0 Å². The van der Waals surface area contributed by atoms with E-state index in [0.29, 0.717) is 6.04 Å². The fourth-order valence-corrected chi connectivity index (χ4v) is 2.28. The molecule has 16 heavy (non-hydrogen) atoms. The van der Waals surface area contributed by atoms with Crippen LogP contribution in [0.1, 0.15) is 23.6 Å². The van der Waals surface area contributed by atoms with Gasteiger partial charge in [0.2, 0.25) is 0 Å². The number of halogens is 1. The quantitative estimate of drug-likeness (QED) is 0.838. The lowest BCUT2D eigenvalue weighted by atomic mass is 10.1. The van der Waals surface area contributed by atoms with Crippen molar-refractivity contribution >= 4 is 0 Å². The van der Waals surface area contributed by atoms with E-state index in [1.807, 2.05) is 6.07 Å². The monoisotopic (exact) mass is 222 g/mol. The Hall–Kier alpha value is -0.930. The minimum absolute atomic E-state index is 0.0468. The molecule has 0 aromatic heterocycles. The van der Waals surface area contributed by atoms with Crippen LogP contribution < -0.4 is 5.32 Å². The molecule has 0 aliphatic heterocycles. The summed E-state index contributed by atoms with van der Waals surface area (Å²) in [6.07, 6.45) is 1.88. The minimum atomic E-state index is -0.0468. The molecule has 0 fully saturated rings. The summed E-state index contributed by atoms with van der Waals surface area (Å²) in [7, 11) is 4.12. The number of rotatable bonds is 4. The van der Waals surface area contributed by atoms with Crippen LogP contribution in [0.5, 0.6) is 0 Å². The van der Waals surface area contributed by atoms with E-state index in [1.54, 1.807) is 12.1 Å². The van der Waals surface area contributed by atoms with Gasteiger partial charge in [-0.15, -0.1) is 0 Å². The van der Waals surface area contributed by atoms with Crippen LogP contribution in [0.4, 0.5) is 4.39 Å². The van der Waals surface area contributed by atoms with Gasteiger partial charge in [-0.05, 0) is 44.1 Å². The molecule has 0 radical (unpaired) electrons. The zero-order valence-electron chi connectivity index (χ0n) is 9.96. The second-order valence-electron chi connectivity index (χ2n) is 4.66. The summed E-state index contributed by atoms with van der Waals surface area (Å²) in [4.78, 5) is 2.15. The average molecular weight is 222 g/mol. The van der Waals surface area contributed by atoms with Crippen molar-refractivity contribution in [3.05, 3.63) is 35.1 Å². The predicted molar refractivity (Wildman–Crippen MR) is 64.0 cm³/mol. The van der Waals surface area contributed by atoms with Gasteiger partial charge in [0, 0.05) is 19.1 Å². The molecule has 1 aromatic rings. The molecule has 0 bridgehead atoms. The van der Waals surface area contributed by atoms with E-state index in [1.165, 1.54) is 0 Å². The number of benzene rings is 1. The summed E-state index contributed by atoms with van der Waals surface area (Å²) in [5, 5.41) is 3.49. The molecule has 1 unspecified atom stereocenters. The van der Waals surface area contributed by atoms with Crippen LogP contribution in [0.25, 0.3) is 0 Å². The Morgan fingerprint density at radius 1 is 1.44 bits per heavy atom. The third-order valence-corrected chi connectivity index (χ3v) is 3.16. The van der Waals surface area contributed by atoms with E-state index >= 15 is 0 Å². The van der Waals surface area contributed by atoms with E-state index in [-0.39, 0.29) is 5.82 Å². The highest BCUT2D eigenvalue weighted by Crippen LogP contribution is 2.32. The second-order valence-corrected chi connectivity index (χ2v) is 4.66. The van der Waals surface area contributed by atoms with Gasteiger partial charge in [-0.1, -0.05) is 12.1 Å². The van der Waals surface area contributed by atoms with E-state index in [0.717, 1.165) is 37.1 Å². The summed E-state index contributed by atoms with van der Waals surface area (Å²) in [5.41, 5.74) is 2.06. The molecule has 0 spiro atoms. The third-order valence-electron chi connectivity index (χ3n) is 3.16. The molecule has 2 rings (SSSR count). The molecule has 0 saturated heterocycles. The van der Waals surface area contributed by atoms with Crippen LogP contribution in [-0.2, 0) is 6.42 Å². The van der Waals surface area contributed by atoms with Gasteiger partial charge < -0.3 is 10.2 Å². The first kappa shape index (κ1) is 11.6. The number of hydrogen-bond acceptors (Lipinski definition) is 2. The molecule has 1 aromatic carbocycles. The average Bonchev–Trinajstić information content (AvgIpc) is 2.63. The lowest BCUT2D eigenvalue weighted by molar-refractivity contribution is 0.384. The van der Waals surface area contributed by atoms with Gasteiger partial charge >= 0.3 is 0 Å². The second kappa shape index (κ2) is 4.93. The first-order chi connectivity index (χ1) is 7.68. The van der Waals surface area contributed by atoms with Crippen LogP contribution in [0.3, 0.4) is 0 Å². The van der Waals surface area contributed by atoms with Crippen molar-refractivity contribution in [3.63, 3.8) is 0 Å². The smallest absolute Gasteiger partial charge is 0.126 e. The number of nitrogens with zero attached hydrogens (tertiary/aromatic N) is 1. The molecular weight excluding hydrogens is 203 g/mol. The van der Waals surface area contributed by atoms with Crippen LogP contribution in [0.15, 0.2) is 18.2 Å². The normalized spacial score (nSPS) is 19.1. The van der Waals surface area contributed by atoms with Gasteiger partial charge in [-0.2, -0.15) is 0 Å². The van der Waals surface area contributed by atoms with Gasteiger partial charge in [-0.25, -0.2) is 4.39 Å². The van der Waals surface area contributed by atoms with Crippen molar-refractivity contribution in [2.45, 2.75) is 18.9 Å². The summed E-state index contributed by atoms with van der Waals surface area (Å²) < 4.78 is 13.5. The number of fused-ring (bicyclic) bond motifs is 1. The number of likely N-dealkylation sites (N-methyl/N-ethyl adjacent to an activating group) is 1. The van der Waals surface area contributed by atoms with Crippen LogP contribution in [-0.4, -0.2) is 32.1 Å². The Balaban J connectivity index is 1.98. The minimum Gasteiger partial charge on any atom is -0.309 e. The molecule has 2 nitrogen and oxygen atoms in total. The standard InChI is InChI=1S/C13H19FN2/c1-16(2)9-8-15-13-7-6-10-11(13)4-3-5-12(10)14/h3-5,13,15H,6-9H2,1-2H3. The lowest BCUT2D eigenvalue weighted by Crippen LogP contribution is -2.28. The summed E-state index contributed by atoms with van der Waals surface area (Å²) >= 11 is 0. The maximum atomic E-state index is 13.5. The molecule has 0 saturated carbocycles. The van der Waals surface area contributed by atoms with Gasteiger partial charge in [0.25, 0.3) is 0 Å². The Bertz CT molecular complexity index is 363. The highest BCUT2D eigenvalue weighted by molar-refractivity contribution is 5.35. The summed E-state index contributed by atoms with van der Waals surface area (Å²) in [6.45, 7) is 1.97. The van der Waals surface area contributed by atoms with Crippen LogP contribution in [0, 0.1) is 5.82 Å². The molecule has 3 heteroatoms. The van der Waals surface area contributed by atoms with Crippen molar-refractivity contribution in [2.75, 3.05) is 27.2 Å². The Morgan fingerprint density at radius 3 is 3.00 bits per heavy atom. The van der Waals surface area contributed by atoms with Crippen molar-refractivity contribution in [3.8, 4) is 0 Å². The molecule has 1 atom stereocenters. The van der Waals surface area contributed by atoms with Gasteiger partial charge in [0.1, 0.15) is 5.82 Å². The van der Waals surface area contributed by atoms with E-state index < -0.39 is 0 Å². The fourth-order valence-electron chi connectivity index (χ4n) is 2.28. The molecule has 88 valence electrons. The summed E-state index contributed by atoms with van der Waals surface area (Å²) in [5.74, 6) is -0.0468. The molecule has 1 N–H and O–H groups in total. The maximum Gasteiger partial charge on any atom is 0.126 e. The van der Waals surface area contributed by atoms with Gasteiger partial charge in [0.15, 0.2) is 0 Å². The topological polar surface area (TPSA) is 15.3 Å². The van der Waals surface area contributed by atoms with Crippen LogP contribution in [0.2, 0.25) is 0 Å². The molecule has 0 heterocycles.